The first-order valence-corrected chi connectivity index (χ1v) is 6.29. The molecule has 0 N–H and O–H groups in total. The van der Waals surface area contributed by atoms with Crippen LogP contribution in [0.1, 0.15) is 18.9 Å². The van der Waals surface area contributed by atoms with E-state index in [1.165, 1.54) is 6.07 Å². The lowest BCUT2D eigenvalue weighted by Gasteiger charge is -2.06. The lowest BCUT2D eigenvalue weighted by atomic mass is 10.1. The second-order valence-electron chi connectivity index (χ2n) is 4.04. The van der Waals surface area contributed by atoms with Crippen LogP contribution in [0.3, 0.4) is 0 Å². The van der Waals surface area contributed by atoms with E-state index in [4.69, 9.17) is 16.3 Å². The smallest absolute Gasteiger partial charge is 0.321 e. The van der Waals surface area contributed by atoms with Gasteiger partial charge in [0.2, 0.25) is 5.28 Å². The molecule has 0 unspecified atom stereocenters. The third-order valence-electron chi connectivity index (χ3n) is 2.39. The molecule has 0 aliphatic rings. The predicted molar refractivity (Wildman–Crippen MR) is 70.8 cm³/mol. The second-order valence-corrected chi connectivity index (χ2v) is 4.38. The fourth-order valence-electron chi connectivity index (χ4n) is 1.52. The Morgan fingerprint density at radius 2 is 2.05 bits per heavy atom. The lowest BCUT2D eigenvalue weighted by Crippen LogP contribution is -2.03. The molecule has 0 saturated heterocycles. The molecule has 1 aromatic carbocycles. The zero-order chi connectivity index (χ0) is 13.8. The highest BCUT2D eigenvalue weighted by atomic mass is 35.5. The van der Waals surface area contributed by atoms with Crippen molar-refractivity contribution in [2.24, 2.45) is 0 Å². The zero-order valence-electron chi connectivity index (χ0n) is 10.7. The monoisotopic (exact) mass is 281 g/mol. The number of aryl methyl sites for hydroxylation is 1. The van der Waals surface area contributed by atoms with Gasteiger partial charge in [-0.25, -0.2) is 4.39 Å². The number of rotatable bonds is 4. The molecule has 2 rings (SSSR count). The zero-order valence-corrected chi connectivity index (χ0v) is 11.4. The van der Waals surface area contributed by atoms with Gasteiger partial charge in [-0.05, 0) is 37.1 Å². The molecule has 2 aromatic rings. The Morgan fingerprint density at radius 3 is 2.79 bits per heavy atom. The molecule has 19 heavy (non-hydrogen) atoms. The van der Waals surface area contributed by atoms with Crippen LogP contribution in [0.5, 0.6) is 6.01 Å². The van der Waals surface area contributed by atoms with Crippen molar-refractivity contribution in [2.45, 2.75) is 20.3 Å². The third-order valence-corrected chi connectivity index (χ3v) is 2.55. The van der Waals surface area contributed by atoms with Gasteiger partial charge in [0.1, 0.15) is 5.82 Å². The molecule has 0 bridgehead atoms. The Hall–Kier alpha value is -1.75. The van der Waals surface area contributed by atoms with Crippen molar-refractivity contribution in [2.75, 3.05) is 6.61 Å². The average Bonchev–Trinajstić information content (AvgIpc) is 2.38. The Morgan fingerprint density at radius 1 is 1.26 bits per heavy atom. The maximum atomic E-state index is 13.8. The standard InChI is InChI=1S/C13H13ClFN3O/c1-3-6-19-13-17-11(16-12(14)18-13)9-7-8(2)4-5-10(9)15/h4-5,7H,3,6H2,1-2H3. The minimum atomic E-state index is -0.408. The summed E-state index contributed by atoms with van der Waals surface area (Å²) in [5, 5.41) is -0.0167. The normalized spacial score (nSPS) is 10.5. The van der Waals surface area contributed by atoms with Crippen LogP contribution in [0.2, 0.25) is 5.28 Å². The molecule has 0 saturated carbocycles. The van der Waals surface area contributed by atoms with Crippen LogP contribution in [-0.2, 0) is 0 Å². The highest BCUT2D eigenvalue weighted by Gasteiger charge is 2.12. The summed E-state index contributed by atoms with van der Waals surface area (Å²) in [5.74, 6) is -0.235. The summed E-state index contributed by atoms with van der Waals surface area (Å²) in [4.78, 5) is 11.9. The molecule has 0 aliphatic heterocycles. The van der Waals surface area contributed by atoms with Crippen LogP contribution in [0, 0.1) is 12.7 Å². The van der Waals surface area contributed by atoms with E-state index in [1.807, 2.05) is 13.8 Å². The van der Waals surface area contributed by atoms with Gasteiger partial charge in [0.15, 0.2) is 5.82 Å². The van der Waals surface area contributed by atoms with E-state index in [1.54, 1.807) is 12.1 Å². The van der Waals surface area contributed by atoms with Gasteiger partial charge < -0.3 is 4.74 Å². The summed E-state index contributed by atoms with van der Waals surface area (Å²) in [6.07, 6.45) is 0.817. The van der Waals surface area contributed by atoms with E-state index < -0.39 is 5.82 Å². The van der Waals surface area contributed by atoms with Gasteiger partial charge in [-0.2, -0.15) is 15.0 Å². The van der Waals surface area contributed by atoms with E-state index in [0.717, 1.165) is 12.0 Å². The summed E-state index contributed by atoms with van der Waals surface area (Å²) in [7, 11) is 0. The lowest BCUT2D eigenvalue weighted by molar-refractivity contribution is 0.291. The summed E-state index contributed by atoms with van der Waals surface area (Å²) in [6.45, 7) is 4.29. The minimum Gasteiger partial charge on any atom is -0.463 e. The molecular formula is C13H13ClFN3O. The van der Waals surface area contributed by atoms with Crippen LogP contribution in [0.4, 0.5) is 4.39 Å². The van der Waals surface area contributed by atoms with Gasteiger partial charge in [0.05, 0.1) is 12.2 Å². The van der Waals surface area contributed by atoms with Crippen molar-refractivity contribution in [1.82, 2.24) is 15.0 Å². The molecule has 0 fully saturated rings. The fourth-order valence-corrected chi connectivity index (χ4v) is 1.67. The Kier molecular flexibility index (Phi) is 4.27. The van der Waals surface area contributed by atoms with Gasteiger partial charge in [0.25, 0.3) is 0 Å². The SMILES string of the molecule is CCCOc1nc(Cl)nc(-c2cc(C)ccc2F)n1. The van der Waals surface area contributed by atoms with Gasteiger partial charge in [-0.3, -0.25) is 0 Å². The Balaban J connectivity index is 2.43. The summed E-state index contributed by atoms with van der Waals surface area (Å²) in [6, 6.07) is 4.81. The Labute approximate surface area is 115 Å². The van der Waals surface area contributed by atoms with Gasteiger partial charge in [0, 0.05) is 0 Å². The van der Waals surface area contributed by atoms with Crippen LogP contribution >= 0.6 is 11.6 Å². The largest absolute Gasteiger partial charge is 0.463 e. The Bertz CT molecular complexity index is 592. The van der Waals surface area contributed by atoms with Gasteiger partial charge in [-0.15, -0.1) is 0 Å². The minimum absolute atomic E-state index is 0.0167. The number of hydrogen-bond acceptors (Lipinski definition) is 4. The van der Waals surface area contributed by atoms with Crippen LogP contribution in [0.15, 0.2) is 18.2 Å². The molecule has 1 aromatic heterocycles. The van der Waals surface area contributed by atoms with Crippen molar-refractivity contribution >= 4 is 11.6 Å². The van der Waals surface area contributed by atoms with Crippen molar-refractivity contribution in [3.8, 4) is 17.4 Å². The molecule has 0 amide bonds. The molecule has 4 nitrogen and oxygen atoms in total. The highest BCUT2D eigenvalue weighted by Crippen LogP contribution is 2.23. The molecule has 6 heteroatoms. The molecule has 0 radical (unpaired) electrons. The molecule has 100 valence electrons. The fraction of sp³-hybridized carbons (Fsp3) is 0.308. The first-order chi connectivity index (χ1) is 9.10. The van der Waals surface area contributed by atoms with E-state index in [2.05, 4.69) is 15.0 Å². The first-order valence-electron chi connectivity index (χ1n) is 5.91. The first kappa shape index (κ1) is 13.7. The van der Waals surface area contributed by atoms with E-state index in [9.17, 15) is 4.39 Å². The second kappa shape index (κ2) is 5.93. The number of ether oxygens (including phenoxy) is 1. The quantitative estimate of drug-likeness (QED) is 0.861. The van der Waals surface area contributed by atoms with Crippen molar-refractivity contribution in [1.29, 1.82) is 0 Å². The molecule has 1 heterocycles. The number of halogens is 2. The van der Waals surface area contributed by atoms with E-state index in [0.29, 0.717) is 6.61 Å². The van der Waals surface area contributed by atoms with E-state index >= 15 is 0 Å². The average molecular weight is 282 g/mol. The predicted octanol–water partition coefficient (Wildman–Crippen LogP) is 3.43. The van der Waals surface area contributed by atoms with Crippen LogP contribution < -0.4 is 4.74 Å². The number of benzene rings is 1. The maximum Gasteiger partial charge on any atom is 0.321 e. The number of nitrogens with zero attached hydrogens (tertiary/aromatic N) is 3. The molecule has 0 atom stereocenters. The van der Waals surface area contributed by atoms with Crippen LogP contribution in [-0.4, -0.2) is 21.6 Å². The highest BCUT2D eigenvalue weighted by molar-refractivity contribution is 6.28. The summed E-state index contributed by atoms with van der Waals surface area (Å²) in [5.41, 5.74) is 1.19. The number of hydrogen-bond donors (Lipinski definition) is 0. The number of aromatic nitrogens is 3. The summed E-state index contributed by atoms with van der Waals surface area (Å²) < 4.78 is 19.1. The molecular weight excluding hydrogens is 269 g/mol. The van der Waals surface area contributed by atoms with E-state index in [-0.39, 0.29) is 22.7 Å². The van der Waals surface area contributed by atoms with Gasteiger partial charge in [-0.1, -0.05) is 18.6 Å². The molecule has 0 aliphatic carbocycles. The van der Waals surface area contributed by atoms with Gasteiger partial charge >= 0.3 is 6.01 Å². The molecule has 0 spiro atoms. The topological polar surface area (TPSA) is 47.9 Å². The van der Waals surface area contributed by atoms with Crippen molar-refractivity contribution in [3.05, 3.63) is 34.9 Å². The van der Waals surface area contributed by atoms with Crippen molar-refractivity contribution < 1.29 is 9.13 Å². The van der Waals surface area contributed by atoms with Crippen LogP contribution in [0.25, 0.3) is 11.4 Å². The van der Waals surface area contributed by atoms with Crippen molar-refractivity contribution in [3.63, 3.8) is 0 Å². The third kappa shape index (κ3) is 3.38. The maximum absolute atomic E-state index is 13.8. The summed E-state index contributed by atoms with van der Waals surface area (Å²) >= 11 is 5.81.